The Balaban J connectivity index is 1.96. The smallest absolute Gasteiger partial charge is 0.268 e. The van der Waals surface area contributed by atoms with Gasteiger partial charge in [-0.15, -0.1) is 0 Å². The minimum atomic E-state index is -3.61. The molecule has 0 unspecified atom stereocenters. The molecular weight excluding hydrogens is 302 g/mol. The van der Waals surface area contributed by atoms with Crippen molar-refractivity contribution in [3.8, 4) is 0 Å². The van der Waals surface area contributed by atoms with Crippen molar-refractivity contribution < 1.29 is 8.42 Å². The second kappa shape index (κ2) is 4.76. The van der Waals surface area contributed by atoms with Gasteiger partial charge in [-0.05, 0) is 24.3 Å². The predicted octanol–water partition coefficient (Wildman–Crippen LogP) is 1.10. The number of nitrogens with zero attached hydrogens (tertiary/aromatic N) is 1. The molecule has 1 aromatic carbocycles. The lowest BCUT2D eigenvalue weighted by atomic mass is 10.1. The van der Waals surface area contributed by atoms with Gasteiger partial charge in [-0.25, -0.2) is 8.42 Å². The highest BCUT2D eigenvalue weighted by Gasteiger charge is 2.30. The third-order valence-electron chi connectivity index (χ3n) is 3.36. The molecule has 1 aliphatic heterocycles. The van der Waals surface area contributed by atoms with E-state index in [1.165, 1.54) is 28.6 Å². The molecule has 8 heteroatoms. The van der Waals surface area contributed by atoms with E-state index < -0.39 is 10.0 Å². The van der Waals surface area contributed by atoms with Crippen LogP contribution in [0.2, 0.25) is 5.02 Å². The van der Waals surface area contributed by atoms with E-state index in [2.05, 4.69) is 10.2 Å². The van der Waals surface area contributed by atoms with Gasteiger partial charge in [-0.3, -0.25) is 9.89 Å². The van der Waals surface area contributed by atoms with Gasteiger partial charge in [0, 0.05) is 30.2 Å². The van der Waals surface area contributed by atoms with E-state index in [4.69, 9.17) is 11.6 Å². The number of nitrogens with one attached hydrogen (secondary N) is 2. The molecule has 0 amide bonds. The summed E-state index contributed by atoms with van der Waals surface area (Å²) in [6.45, 7) is 0.422. The predicted molar refractivity (Wildman–Crippen MR) is 74.2 cm³/mol. The Morgan fingerprint density at radius 2 is 1.85 bits per heavy atom. The lowest BCUT2D eigenvalue weighted by molar-refractivity contribution is 0.389. The van der Waals surface area contributed by atoms with Gasteiger partial charge >= 0.3 is 0 Å². The standard InChI is InChI=1S/C12H12ClN3O3S/c13-8-1-3-9(4-2-8)20(18,19)16-6-5-11-10(7-16)12(17)15-14-11/h1-4H,5-7H2,(H2,14,15,17). The summed E-state index contributed by atoms with van der Waals surface area (Å²) in [5, 5.41) is 5.73. The molecule has 0 radical (unpaired) electrons. The van der Waals surface area contributed by atoms with E-state index in [9.17, 15) is 13.2 Å². The fourth-order valence-corrected chi connectivity index (χ4v) is 3.79. The lowest BCUT2D eigenvalue weighted by Crippen LogP contribution is -2.37. The second-order valence-electron chi connectivity index (χ2n) is 4.58. The number of halogens is 1. The molecule has 6 nitrogen and oxygen atoms in total. The highest BCUT2D eigenvalue weighted by Crippen LogP contribution is 2.23. The second-order valence-corrected chi connectivity index (χ2v) is 6.95. The molecule has 106 valence electrons. The van der Waals surface area contributed by atoms with Crippen LogP contribution in [0.3, 0.4) is 0 Å². The largest absolute Gasteiger partial charge is 0.302 e. The number of H-pyrrole nitrogens is 2. The molecule has 0 spiro atoms. The molecular formula is C12H12ClN3O3S. The van der Waals surface area contributed by atoms with Crippen molar-refractivity contribution >= 4 is 21.6 Å². The Kier molecular flexibility index (Phi) is 3.19. The van der Waals surface area contributed by atoms with Gasteiger partial charge in [0.2, 0.25) is 10.0 Å². The summed E-state index contributed by atoms with van der Waals surface area (Å²) in [5.74, 6) is 0. The Morgan fingerprint density at radius 1 is 1.15 bits per heavy atom. The van der Waals surface area contributed by atoms with E-state index >= 15 is 0 Å². The van der Waals surface area contributed by atoms with Crippen molar-refractivity contribution in [2.75, 3.05) is 6.54 Å². The van der Waals surface area contributed by atoms with E-state index in [0.717, 1.165) is 5.69 Å². The number of sulfonamides is 1. The van der Waals surface area contributed by atoms with E-state index in [1.807, 2.05) is 0 Å². The maximum absolute atomic E-state index is 12.5. The first-order valence-corrected chi connectivity index (χ1v) is 7.84. The average Bonchev–Trinajstić information content (AvgIpc) is 2.80. The Bertz CT molecular complexity index is 792. The fraction of sp³-hybridized carbons (Fsp3) is 0.250. The van der Waals surface area contributed by atoms with E-state index in [-0.39, 0.29) is 17.0 Å². The zero-order valence-electron chi connectivity index (χ0n) is 10.4. The molecule has 20 heavy (non-hydrogen) atoms. The van der Waals surface area contributed by atoms with Crippen LogP contribution in [0.15, 0.2) is 34.0 Å². The zero-order valence-corrected chi connectivity index (χ0v) is 12.0. The molecule has 1 aliphatic rings. The van der Waals surface area contributed by atoms with Gasteiger partial charge in [0.05, 0.1) is 10.5 Å². The Morgan fingerprint density at radius 3 is 2.55 bits per heavy atom. The summed E-state index contributed by atoms with van der Waals surface area (Å²) < 4.78 is 26.3. The highest BCUT2D eigenvalue weighted by molar-refractivity contribution is 7.89. The zero-order chi connectivity index (χ0) is 14.3. The van der Waals surface area contributed by atoms with E-state index in [1.54, 1.807) is 0 Å². The summed E-state index contributed by atoms with van der Waals surface area (Å²) in [6.07, 6.45) is 0.487. The van der Waals surface area contributed by atoms with Crippen LogP contribution in [0, 0.1) is 0 Å². The third kappa shape index (κ3) is 2.17. The number of benzene rings is 1. The van der Waals surface area contributed by atoms with Crippen LogP contribution < -0.4 is 5.56 Å². The van der Waals surface area contributed by atoms with Gasteiger partial charge in [0.15, 0.2) is 0 Å². The molecule has 0 atom stereocenters. The van der Waals surface area contributed by atoms with Crippen LogP contribution in [-0.4, -0.2) is 29.5 Å². The molecule has 2 heterocycles. The normalized spacial score (nSPS) is 16.1. The summed E-state index contributed by atoms with van der Waals surface area (Å²) in [5.41, 5.74) is 0.988. The van der Waals surface area contributed by atoms with Crippen molar-refractivity contribution in [2.24, 2.45) is 0 Å². The van der Waals surface area contributed by atoms with Gasteiger partial charge in [-0.2, -0.15) is 4.31 Å². The first kappa shape index (κ1) is 13.4. The highest BCUT2D eigenvalue weighted by atomic mass is 35.5. The maximum Gasteiger partial charge on any atom is 0.268 e. The molecule has 0 aliphatic carbocycles. The Labute approximate surface area is 120 Å². The molecule has 0 saturated carbocycles. The summed E-state index contributed by atoms with van der Waals surface area (Å²) >= 11 is 5.76. The topological polar surface area (TPSA) is 86.0 Å². The third-order valence-corrected chi connectivity index (χ3v) is 5.47. The van der Waals surface area contributed by atoms with Crippen molar-refractivity contribution in [3.05, 3.63) is 50.9 Å². The summed E-state index contributed by atoms with van der Waals surface area (Å²) in [7, 11) is -3.61. The van der Waals surface area contributed by atoms with Crippen molar-refractivity contribution in [2.45, 2.75) is 17.9 Å². The average molecular weight is 314 g/mol. The number of hydrogen-bond donors (Lipinski definition) is 2. The molecule has 0 bridgehead atoms. The SMILES string of the molecule is O=c1[nH][nH]c2c1CN(S(=O)(=O)c1ccc(Cl)cc1)CC2. The molecule has 2 N–H and O–H groups in total. The quantitative estimate of drug-likeness (QED) is 0.870. The van der Waals surface area contributed by atoms with Gasteiger partial charge < -0.3 is 5.10 Å². The van der Waals surface area contributed by atoms with Crippen molar-refractivity contribution in [1.29, 1.82) is 0 Å². The molecule has 3 rings (SSSR count). The van der Waals surface area contributed by atoms with Crippen molar-refractivity contribution in [1.82, 2.24) is 14.5 Å². The number of rotatable bonds is 2. The van der Waals surface area contributed by atoms with Crippen LogP contribution in [0.5, 0.6) is 0 Å². The molecule has 2 aromatic rings. The van der Waals surface area contributed by atoms with E-state index in [0.29, 0.717) is 23.6 Å². The van der Waals surface area contributed by atoms with Crippen LogP contribution in [0.25, 0.3) is 0 Å². The first-order chi connectivity index (χ1) is 9.48. The monoisotopic (exact) mass is 313 g/mol. The first-order valence-electron chi connectivity index (χ1n) is 6.02. The molecule has 1 aromatic heterocycles. The van der Waals surface area contributed by atoms with Crippen LogP contribution in [0.1, 0.15) is 11.3 Å². The lowest BCUT2D eigenvalue weighted by Gasteiger charge is -2.25. The molecule has 0 saturated heterocycles. The number of aromatic nitrogens is 2. The minimum Gasteiger partial charge on any atom is -0.302 e. The number of fused-ring (bicyclic) bond motifs is 1. The minimum absolute atomic E-state index is 0.0825. The van der Waals surface area contributed by atoms with Crippen LogP contribution in [0.4, 0.5) is 0 Å². The Hall–Kier alpha value is -1.57. The van der Waals surface area contributed by atoms with Gasteiger partial charge in [0.1, 0.15) is 0 Å². The summed E-state index contributed by atoms with van der Waals surface area (Å²) in [4.78, 5) is 11.8. The maximum atomic E-state index is 12.5. The van der Waals surface area contributed by atoms with Gasteiger partial charge in [0.25, 0.3) is 5.56 Å². The number of hydrogen-bond acceptors (Lipinski definition) is 3. The van der Waals surface area contributed by atoms with Crippen LogP contribution >= 0.6 is 11.6 Å². The van der Waals surface area contributed by atoms with Crippen LogP contribution in [-0.2, 0) is 23.0 Å². The van der Waals surface area contributed by atoms with Gasteiger partial charge in [-0.1, -0.05) is 11.6 Å². The number of aromatic amines is 2. The molecule has 0 fully saturated rings. The van der Waals surface area contributed by atoms with Crippen molar-refractivity contribution in [3.63, 3.8) is 0 Å². The fourth-order valence-electron chi connectivity index (χ4n) is 2.25. The summed E-state index contributed by atoms with van der Waals surface area (Å²) in [6, 6.07) is 6.00.